The molecule has 0 radical (unpaired) electrons. The van der Waals surface area contributed by atoms with Gasteiger partial charge in [0.2, 0.25) is 5.91 Å². The molecule has 0 unspecified atom stereocenters. The van der Waals surface area contributed by atoms with E-state index in [9.17, 15) is 19.8 Å². The third kappa shape index (κ3) is 9.37. The molecule has 4 N–H and O–H groups in total. The minimum atomic E-state index is -1.05. The highest BCUT2D eigenvalue weighted by atomic mass is 16.6. The molecular weight excluding hydrogens is 695 g/mol. The van der Waals surface area contributed by atoms with Crippen LogP contribution in [-0.2, 0) is 33.5 Å². The van der Waals surface area contributed by atoms with Gasteiger partial charge in [-0.25, -0.2) is 4.79 Å². The summed E-state index contributed by atoms with van der Waals surface area (Å²) in [6.07, 6.45) is 5.55. The number of aliphatic hydroxyl groups excluding tert-OH is 2. The Labute approximate surface area is 324 Å². The van der Waals surface area contributed by atoms with Crippen molar-refractivity contribution in [2.45, 2.75) is 94.1 Å². The molecule has 2 amide bonds. The summed E-state index contributed by atoms with van der Waals surface area (Å²) in [7, 11) is 0. The molecule has 1 heterocycles. The van der Waals surface area contributed by atoms with Crippen molar-refractivity contribution in [3.05, 3.63) is 101 Å². The molecule has 0 aromatic heterocycles. The Morgan fingerprint density at radius 1 is 0.855 bits per heavy atom. The number of benzene rings is 3. The number of nitrogens with one attached hydrogen (secondary N) is 2. The van der Waals surface area contributed by atoms with Crippen molar-refractivity contribution in [3.8, 4) is 5.75 Å². The molecule has 5 aliphatic carbocycles. The molecule has 55 heavy (non-hydrogen) atoms. The maximum atomic E-state index is 14.3. The van der Waals surface area contributed by atoms with Gasteiger partial charge in [0.25, 0.3) is 0 Å². The summed E-state index contributed by atoms with van der Waals surface area (Å²) in [5.41, 5.74) is 3.41. The number of carbonyl (C=O) groups is 2. The fourth-order valence-corrected chi connectivity index (χ4v) is 10.6. The Morgan fingerprint density at radius 2 is 1.51 bits per heavy atom. The fourth-order valence-electron chi connectivity index (χ4n) is 10.6. The Bertz CT molecular complexity index is 1710. The van der Waals surface area contributed by atoms with Crippen molar-refractivity contribution in [1.82, 2.24) is 15.5 Å². The van der Waals surface area contributed by atoms with E-state index in [0.29, 0.717) is 43.6 Å². The van der Waals surface area contributed by atoms with Gasteiger partial charge in [-0.05, 0) is 110 Å². The predicted molar refractivity (Wildman–Crippen MR) is 209 cm³/mol. The van der Waals surface area contributed by atoms with E-state index in [1.165, 1.54) is 19.3 Å². The second-order valence-electron chi connectivity index (χ2n) is 17.0. The van der Waals surface area contributed by atoms with Crippen LogP contribution in [0.3, 0.4) is 0 Å². The number of aliphatic hydroxyl groups is 2. The van der Waals surface area contributed by atoms with Crippen molar-refractivity contribution in [2.75, 3.05) is 39.5 Å². The van der Waals surface area contributed by atoms with E-state index in [4.69, 9.17) is 14.2 Å². The summed E-state index contributed by atoms with van der Waals surface area (Å²) < 4.78 is 17.8. The highest BCUT2D eigenvalue weighted by Crippen LogP contribution is 2.57. The third-order valence-electron chi connectivity index (χ3n) is 12.9. The fraction of sp³-hybridized carbons (Fsp3) is 0.556. The molecule has 0 spiro atoms. The van der Waals surface area contributed by atoms with Gasteiger partial charge in [0.1, 0.15) is 18.0 Å². The minimum Gasteiger partial charge on any atom is -0.492 e. The van der Waals surface area contributed by atoms with Gasteiger partial charge in [-0.1, -0.05) is 66.7 Å². The van der Waals surface area contributed by atoms with Crippen molar-refractivity contribution in [3.63, 3.8) is 0 Å². The van der Waals surface area contributed by atoms with Crippen LogP contribution in [0.25, 0.3) is 0 Å². The van der Waals surface area contributed by atoms with Gasteiger partial charge in [0.15, 0.2) is 0 Å². The highest BCUT2D eigenvalue weighted by Gasteiger charge is 2.53. The molecule has 294 valence electrons. The van der Waals surface area contributed by atoms with Gasteiger partial charge < -0.3 is 35.1 Å². The SMILES string of the molecule is O=C(N[C@@H](Cc1ccccc1)[C@@H](O)C[C@@H](Cc1ccc(OCCN2CCOCC2)cc1)C(=O)N[C@H]1c2ccccc2C[C@H]1O)OC12CC3CC(CC(C3)C1)C2. The standard InChI is InChI=1S/C45H57N3O7/c49-40(39(24-30-6-2-1-3-7-30)46-44(52)55-45-27-32-20-33(28-45)22-34(21-32)29-45)26-36(43(51)47-42-38-9-5-4-8-35(38)25-41(42)50)23-31-10-12-37(13-11-31)54-19-16-48-14-17-53-18-15-48/h1-13,32-34,36,39-42,49-50H,14-29H2,(H,46,52)(H,47,51)/t32?,33?,34?,36-,39+,40+,41-,42+,45?/m1/s1. The number of alkyl carbamates (subject to hydrolysis) is 1. The molecule has 5 fully saturated rings. The molecule has 4 saturated carbocycles. The molecule has 1 aliphatic heterocycles. The average molecular weight is 752 g/mol. The highest BCUT2D eigenvalue weighted by molar-refractivity contribution is 5.80. The first-order valence-electron chi connectivity index (χ1n) is 20.6. The zero-order chi connectivity index (χ0) is 37.8. The summed E-state index contributed by atoms with van der Waals surface area (Å²) in [4.78, 5) is 30.4. The molecule has 3 aromatic rings. The quantitative estimate of drug-likeness (QED) is 0.163. The summed E-state index contributed by atoms with van der Waals surface area (Å²) in [5.74, 6) is 1.75. The largest absolute Gasteiger partial charge is 0.492 e. The second-order valence-corrected chi connectivity index (χ2v) is 17.0. The van der Waals surface area contributed by atoms with Crippen molar-refractivity contribution < 1.29 is 34.0 Å². The van der Waals surface area contributed by atoms with E-state index in [0.717, 1.165) is 80.1 Å². The summed E-state index contributed by atoms with van der Waals surface area (Å²) in [5, 5.41) is 29.3. The molecule has 9 rings (SSSR count). The maximum Gasteiger partial charge on any atom is 0.408 e. The van der Waals surface area contributed by atoms with Crippen LogP contribution in [0, 0.1) is 23.7 Å². The van der Waals surface area contributed by atoms with Crippen LogP contribution >= 0.6 is 0 Å². The lowest BCUT2D eigenvalue weighted by Gasteiger charge is -2.55. The van der Waals surface area contributed by atoms with Gasteiger partial charge in [0, 0.05) is 32.0 Å². The summed E-state index contributed by atoms with van der Waals surface area (Å²) in [6.45, 7) is 4.72. The lowest BCUT2D eigenvalue weighted by atomic mass is 9.54. The summed E-state index contributed by atoms with van der Waals surface area (Å²) in [6, 6.07) is 24.2. The van der Waals surface area contributed by atoms with E-state index in [2.05, 4.69) is 15.5 Å². The van der Waals surface area contributed by atoms with Crippen LogP contribution in [0.4, 0.5) is 4.79 Å². The van der Waals surface area contributed by atoms with E-state index >= 15 is 0 Å². The van der Waals surface area contributed by atoms with E-state index < -0.39 is 41.9 Å². The average Bonchev–Trinajstić information content (AvgIpc) is 3.49. The van der Waals surface area contributed by atoms with Gasteiger partial charge in [-0.3, -0.25) is 9.69 Å². The van der Waals surface area contributed by atoms with E-state index in [-0.39, 0.29) is 12.3 Å². The minimum absolute atomic E-state index is 0.100. The lowest BCUT2D eigenvalue weighted by Crippen LogP contribution is -2.55. The Hall–Kier alpha value is -3.96. The molecule has 4 bridgehead atoms. The van der Waals surface area contributed by atoms with Crippen LogP contribution in [-0.4, -0.2) is 90.4 Å². The second kappa shape index (κ2) is 17.0. The lowest BCUT2D eigenvalue weighted by molar-refractivity contribution is -0.128. The van der Waals surface area contributed by atoms with Crippen LogP contribution < -0.4 is 15.4 Å². The number of rotatable bonds is 15. The van der Waals surface area contributed by atoms with Gasteiger partial charge >= 0.3 is 6.09 Å². The van der Waals surface area contributed by atoms with Crippen LogP contribution in [0.1, 0.15) is 73.2 Å². The first kappa shape index (κ1) is 37.9. The first-order chi connectivity index (χ1) is 26.8. The molecule has 6 aliphatic rings. The van der Waals surface area contributed by atoms with Gasteiger partial charge in [0.05, 0.1) is 37.5 Å². The number of ether oxygens (including phenoxy) is 3. The molecule has 10 nitrogen and oxygen atoms in total. The summed E-state index contributed by atoms with van der Waals surface area (Å²) >= 11 is 0. The third-order valence-corrected chi connectivity index (χ3v) is 12.9. The molecule has 1 saturated heterocycles. The number of fused-ring (bicyclic) bond motifs is 1. The maximum absolute atomic E-state index is 14.3. The Kier molecular flexibility index (Phi) is 11.8. The van der Waals surface area contributed by atoms with Crippen molar-refractivity contribution >= 4 is 12.0 Å². The Morgan fingerprint density at radius 3 is 2.22 bits per heavy atom. The van der Waals surface area contributed by atoms with E-state index in [1.807, 2.05) is 78.9 Å². The number of hydrogen-bond donors (Lipinski definition) is 4. The molecular formula is C45H57N3O7. The number of morpholine rings is 1. The molecule has 5 atom stereocenters. The van der Waals surface area contributed by atoms with Crippen LogP contribution in [0.15, 0.2) is 78.9 Å². The van der Waals surface area contributed by atoms with Gasteiger partial charge in [-0.15, -0.1) is 0 Å². The Balaban J connectivity index is 0.973. The first-order valence-corrected chi connectivity index (χ1v) is 20.6. The smallest absolute Gasteiger partial charge is 0.408 e. The normalized spacial score (nSPS) is 28.5. The van der Waals surface area contributed by atoms with Crippen molar-refractivity contribution in [1.29, 1.82) is 0 Å². The van der Waals surface area contributed by atoms with Crippen LogP contribution in [0.5, 0.6) is 5.75 Å². The zero-order valence-corrected chi connectivity index (χ0v) is 31.8. The number of carbonyl (C=O) groups excluding carboxylic acids is 2. The van der Waals surface area contributed by atoms with E-state index in [1.54, 1.807) is 0 Å². The monoisotopic (exact) mass is 751 g/mol. The van der Waals surface area contributed by atoms with Crippen molar-refractivity contribution in [2.24, 2.45) is 23.7 Å². The molecule has 3 aromatic carbocycles. The predicted octanol–water partition coefficient (Wildman–Crippen LogP) is 5.39. The number of hydrogen-bond acceptors (Lipinski definition) is 8. The zero-order valence-electron chi connectivity index (χ0n) is 31.8. The molecule has 10 heteroatoms. The topological polar surface area (TPSA) is 130 Å². The van der Waals surface area contributed by atoms with Gasteiger partial charge in [-0.2, -0.15) is 0 Å². The van der Waals surface area contributed by atoms with Crippen LogP contribution in [0.2, 0.25) is 0 Å². The number of nitrogens with zero attached hydrogens (tertiary/aromatic N) is 1. The number of amides is 2.